The Balaban J connectivity index is 1.36. The maximum Gasteiger partial charge on any atom is 0.230 e. The normalized spacial score (nSPS) is 22.6. The minimum absolute atomic E-state index is 0.102. The Hall–Kier alpha value is -1.80. The van der Waals surface area contributed by atoms with Gasteiger partial charge in [0.15, 0.2) is 5.82 Å². The van der Waals surface area contributed by atoms with E-state index in [1.54, 1.807) is 0 Å². The van der Waals surface area contributed by atoms with Crippen LogP contribution >= 0.6 is 0 Å². The Bertz CT molecular complexity index is 665. The fourth-order valence-electron chi connectivity index (χ4n) is 3.15. The molecule has 3 heterocycles. The van der Waals surface area contributed by atoms with Crippen LogP contribution in [0.2, 0.25) is 0 Å². The molecule has 8 nitrogen and oxygen atoms in total. The van der Waals surface area contributed by atoms with Crippen molar-refractivity contribution in [1.82, 2.24) is 30.3 Å². The Morgan fingerprint density at radius 1 is 1.29 bits per heavy atom. The van der Waals surface area contributed by atoms with E-state index in [-0.39, 0.29) is 6.10 Å². The Labute approximate surface area is 141 Å². The van der Waals surface area contributed by atoms with E-state index >= 15 is 0 Å². The number of hydrogen-bond acceptors (Lipinski definition) is 7. The van der Waals surface area contributed by atoms with Gasteiger partial charge < -0.3 is 9.15 Å². The zero-order valence-electron chi connectivity index (χ0n) is 14.1. The molecular formula is C16H24N6O2. The van der Waals surface area contributed by atoms with Gasteiger partial charge in [0.05, 0.1) is 13.2 Å². The lowest BCUT2D eigenvalue weighted by molar-refractivity contribution is -0.0393. The van der Waals surface area contributed by atoms with Gasteiger partial charge in [-0.1, -0.05) is 13.3 Å². The van der Waals surface area contributed by atoms with Gasteiger partial charge in [0.2, 0.25) is 11.8 Å². The summed E-state index contributed by atoms with van der Waals surface area (Å²) in [6.07, 6.45) is 5.47. The number of morpholine rings is 1. The largest absolute Gasteiger partial charge is 0.424 e. The number of rotatable bonds is 6. The van der Waals surface area contributed by atoms with Gasteiger partial charge in [-0.3, -0.25) is 10.00 Å². The minimum atomic E-state index is -0.102. The van der Waals surface area contributed by atoms with Gasteiger partial charge in [0.25, 0.3) is 0 Å². The molecule has 0 spiro atoms. The molecule has 2 aromatic heterocycles. The number of aryl methyl sites for hydroxylation is 1. The van der Waals surface area contributed by atoms with Crippen molar-refractivity contribution in [1.29, 1.82) is 0 Å². The summed E-state index contributed by atoms with van der Waals surface area (Å²) >= 11 is 0. The summed E-state index contributed by atoms with van der Waals surface area (Å²) in [5, 5.41) is 15.7. The first-order chi connectivity index (χ1) is 11.8. The molecule has 0 unspecified atom stereocenters. The van der Waals surface area contributed by atoms with Crippen LogP contribution in [0.1, 0.15) is 68.1 Å². The lowest BCUT2D eigenvalue weighted by atomic mass is 9.85. The molecular weight excluding hydrogens is 308 g/mol. The number of aromatic nitrogens is 5. The third-order valence-corrected chi connectivity index (χ3v) is 4.77. The van der Waals surface area contributed by atoms with Gasteiger partial charge in [-0.05, 0) is 19.3 Å². The van der Waals surface area contributed by atoms with E-state index in [4.69, 9.17) is 9.15 Å². The Morgan fingerprint density at radius 3 is 3.00 bits per heavy atom. The lowest BCUT2D eigenvalue weighted by Crippen LogP contribution is -2.38. The summed E-state index contributed by atoms with van der Waals surface area (Å²) in [7, 11) is 0. The predicted octanol–water partition coefficient (Wildman–Crippen LogP) is 1.98. The van der Waals surface area contributed by atoms with E-state index in [0.717, 1.165) is 43.5 Å². The van der Waals surface area contributed by atoms with Gasteiger partial charge >= 0.3 is 0 Å². The number of hydrogen-bond donors (Lipinski definition) is 1. The summed E-state index contributed by atoms with van der Waals surface area (Å²) in [4.78, 5) is 6.81. The molecule has 1 aliphatic heterocycles. The molecule has 24 heavy (non-hydrogen) atoms. The zero-order chi connectivity index (χ0) is 16.4. The Morgan fingerprint density at radius 2 is 2.21 bits per heavy atom. The summed E-state index contributed by atoms with van der Waals surface area (Å²) in [5.74, 6) is 3.64. The molecule has 8 heteroatoms. The zero-order valence-corrected chi connectivity index (χ0v) is 14.1. The lowest BCUT2D eigenvalue weighted by Gasteiger charge is -2.30. The van der Waals surface area contributed by atoms with E-state index in [2.05, 4.69) is 37.2 Å². The molecule has 2 fully saturated rings. The second-order valence-electron chi connectivity index (χ2n) is 6.65. The highest BCUT2D eigenvalue weighted by Gasteiger charge is 2.28. The summed E-state index contributed by atoms with van der Waals surface area (Å²) < 4.78 is 11.7. The van der Waals surface area contributed by atoms with Crippen LogP contribution < -0.4 is 0 Å². The number of ether oxygens (including phenoxy) is 1. The molecule has 0 amide bonds. The molecule has 0 bridgehead atoms. The first kappa shape index (κ1) is 15.7. The highest BCUT2D eigenvalue weighted by molar-refractivity contribution is 4.98. The smallest absolute Gasteiger partial charge is 0.230 e. The molecule has 2 aromatic rings. The molecule has 2 aliphatic rings. The van der Waals surface area contributed by atoms with E-state index in [0.29, 0.717) is 25.0 Å². The average molecular weight is 332 g/mol. The first-order valence-electron chi connectivity index (χ1n) is 8.89. The maximum absolute atomic E-state index is 5.84. The molecule has 4 rings (SSSR count). The minimum Gasteiger partial charge on any atom is -0.424 e. The maximum atomic E-state index is 5.84. The van der Waals surface area contributed by atoms with Crippen molar-refractivity contribution in [3.8, 4) is 0 Å². The van der Waals surface area contributed by atoms with Crippen molar-refractivity contribution in [3.63, 3.8) is 0 Å². The number of nitrogens with zero attached hydrogens (tertiary/aromatic N) is 5. The van der Waals surface area contributed by atoms with Crippen molar-refractivity contribution in [2.75, 3.05) is 19.7 Å². The quantitative estimate of drug-likeness (QED) is 0.864. The fourth-order valence-corrected chi connectivity index (χ4v) is 3.15. The van der Waals surface area contributed by atoms with Crippen molar-refractivity contribution >= 4 is 0 Å². The average Bonchev–Trinajstić information content (AvgIpc) is 3.16. The summed E-state index contributed by atoms with van der Waals surface area (Å²) in [5.41, 5.74) is 0. The van der Waals surface area contributed by atoms with Crippen LogP contribution in [-0.4, -0.2) is 50.0 Å². The second kappa shape index (κ2) is 6.98. The van der Waals surface area contributed by atoms with Crippen molar-refractivity contribution in [2.45, 2.75) is 57.6 Å². The summed E-state index contributed by atoms with van der Waals surface area (Å²) in [6.45, 7) is 5.04. The van der Waals surface area contributed by atoms with Crippen LogP contribution in [0.4, 0.5) is 0 Å². The molecule has 1 saturated carbocycles. The van der Waals surface area contributed by atoms with Crippen LogP contribution in [0, 0.1) is 0 Å². The van der Waals surface area contributed by atoms with Crippen molar-refractivity contribution in [3.05, 3.63) is 23.4 Å². The SMILES string of the molecule is CCCc1nc([C@H]2CN(Cc3nnc(C4CCC4)o3)CCO2)n[nH]1. The number of aromatic amines is 1. The topological polar surface area (TPSA) is 93.0 Å². The van der Waals surface area contributed by atoms with Crippen molar-refractivity contribution < 1.29 is 9.15 Å². The van der Waals surface area contributed by atoms with Crippen LogP contribution in [0.5, 0.6) is 0 Å². The summed E-state index contributed by atoms with van der Waals surface area (Å²) in [6, 6.07) is 0. The number of H-pyrrole nitrogens is 1. The van der Waals surface area contributed by atoms with E-state index < -0.39 is 0 Å². The first-order valence-corrected chi connectivity index (χ1v) is 8.89. The van der Waals surface area contributed by atoms with Gasteiger partial charge in [0, 0.05) is 25.4 Å². The molecule has 0 aromatic carbocycles. The standard InChI is InChI=1S/C16H24N6O2/c1-2-4-13-17-15(20-18-13)12-9-22(7-8-23-12)10-14-19-21-16(24-14)11-5-3-6-11/h11-12H,2-10H2,1H3,(H,17,18,20)/t12-/m1/s1. The van der Waals surface area contributed by atoms with Gasteiger partial charge in [-0.25, -0.2) is 4.98 Å². The van der Waals surface area contributed by atoms with Crippen LogP contribution in [0.3, 0.4) is 0 Å². The van der Waals surface area contributed by atoms with E-state index in [1.165, 1.54) is 19.3 Å². The second-order valence-corrected chi connectivity index (χ2v) is 6.65. The molecule has 1 aliphatic carbocycles. The van der Waals surface area contributed by atoms with Gasteiger partial charge in [0.1, 0.15) is 11.9 Å². The highest BCUT2D eigenvalue weighted by Crippen LogP contribution is 2.35. The predicted molar refractivity (Wildman–Crippen MR) is 85.2 cm³/mol. The number of nitrogens with one attached hydrogen (secondary N) is 1. The van der Waals surface area contributed by atoms with E-state index in [9.17, 15) is 0 Å². The van der Waals surface area contributed by atoms with Crippen LogP contribution in [0.15, 0.2) is 4.42 Å². The third kappa shape index (κ3) is 3.34. The Kier molecular flexibility index (Phi) is 4.57. The van der Waals surface area contributed by atoms with Crippen LogP contribution in [-0.2, 0) is 17.7 Å². The molecule has 0 radical (unpaired) electrons. The molecule has 130 valence electrons. The molecule has 1 saturated heterocycles. The van der Waals surface area contributed by atoms with Gasteiger partial charge in [-0.15, -0.1) is 10.2 Å². The molecule has 1 atom stereocenters. The van der Waals surface area contributed by atoms with E-state index in [1.807, 2.05) is 0 Å². The fraction of sp³-hybridized carbons (Fsp3) is 0.750. The molecule has 1 N–H and O–H groups in total. The third-order valence-electron chi connectivity index (χ3n) is 4.77. The highest BCUT2D eigenvalue weighted by atomic mass is 16.5. The van der Waals surface area contributed by atoms with Crippen LogP contribution in [0.25, 0.3) is 0 Å². The monoisotopic (exact) mass is 332 g/mol. The van der Waals surface area contributed by atoms with Crippen molar-refractivity contribution in [2.24, 2.45) is 0 Å². The van der Waals surface area contributed by atoms with Gasteiger partial charge in [-0.2, -0.15) is 5.10 Å².